The maximum absolute atomic E-state index is 13.0. The molecule has 0 radical (unpaired) electrons. The number of urea groups is 1. The second kappa shape index (κ2) is 7.15. The zero-order valence-electron chi connectivity index (χ0n) is 15.9. The van der Waals surface area contributed by atoms with Gasteiger partial charge in [0.05, 0.1) is 0 Å². The molecule has 1 aliphatic heterocycles. The molecule has 27 heavy (non-hydrogen) atoms. The predicted octanol–water partition coefficient (Wildman–Crippen LogP) is 3.52. The summed E-state index contributed by atoms with van der Waals surface area (Å²) in [6, 6.07) is 6.45. The molecule has 2 aliphatic rings. The van der Waals surface area contributed by atoms with Gasteiger partial charge in [0.25, 0.3) is 5.91 Å². The maximum atomic E-state index is 13.0. The van der Waals surface area contributed by atoms with E-state index in [2.05, 4.69) is 26.1 Å². The molecule has 146 valence electrons. The molecule has 2 atom stereocenters. The quantitative estimate of drug-likeness (QED) is 0.628. The van der Waals surface area contributed by atoms with Gasteiger partial charge in [0.1, 0.15) is 18.7 Å². The molecule has 0 aromatic heterocycles. The first kappa shape index (κ1) is 19.7. The number of amides is 3. The van der Waals surface area contributed by atoms with Crippen LogP contribution in [0.2, 0.25) is 5.02 Å². The van der Waals surface area contributed by atoms with E-state index >= 15 is 0 Å². The number of hydrogen-bond acceptors (Lipinski definition) is 4. The molecule has 1 heterocycles. The van der Waals surface area contributed by atoms with Gasteiger partial charge in [-0.05, 0) is 48.3 Å². The fourth-order valence-corrected chi connectivity index (χ4v) is 4.83. The third kappa shape index (κ3) is 4.26. The number of carbonyl (C=O) groups is 3. The normalized spacial score (nSPS) is 27.0. The van der Waals surface area contributed by atoms with Gasteiger partial charge in [0.15, 0.2) is 0 Å². The van der Waals surface area contributed by atoms with Gasteiger partial charge >= 0.3 is 12.0 Å². The Balaban J connectivity index is 1.64. The topological polar surface area (TPSA) is 75.7 Å². The van der Waals surface area contributed by atoms with E-state index in [1.807, 2.05) is 0 Å². The first-order chi connectivity index (χ1) is 12.6. The molecule has 1 aliphatic carbocycles. The summed E-state index contributed by atoms with van der Waals surface area (Å²) in [6.45, 7) is 5.95. The van der Waals surface area contributed by atoms with E-state index in [0.717, 1.165) is 16.9 Å². The van der Waals surface area contributed by atoms with Crippen molar-refractivity contribution in [2.24, 2.45) is 11.3 Å². The van der Waals surface area contributed by atoms with Crippen molar-refractivity contribution in [1.82, 2.24) is 10.2 Å². The summed E-state index contributed by atoms with van der Waals surface area (Å²) in [5, 5.41) is 3.40. The highest BCUT2D eigenvalue weighted by atomic mass is 35.5. The number of halogens is 1. The smallest absolute Gasteiger partial charge is 0.326 e. The molecular formula is C20H25ClN2O4. The van der Waals surface area contributed by atoms with E-state index < -0.39 is 17.5 Å². The molecule has 0 unspecified atom stereocenters. The highest BCUT2D eigenvalue weighted by Crippen LogP contribution is 2.46. The highest BCUT2D eigenvalue weighted by molar-refractivity contribution is 6.30. The van der Waals surface area contributed by atoms with Crippen molar-refractivity contribution < 1.29 is 19.1 Å². The molecule has 7 heteroatoms. The second-order valence-electron chi connectivity index (χ2n) is 8.55. The Morgan fingerprint density at radius 3 is 2.74 bits per heavy atom. The molecule has 1 spiro atoms. The van der Waals surface area contributed by atoms with Crippen LogP contribution in [0.4, 0.5) is 4.79 Å². The van der Waals surface area contributed by atoms with E-state index in [1.165, 1.54) is 0 Å². The van der Waals surface area contributed by atoms with Gasteiger partial charge in [-0.3, -0.25) is 14.5 Å². The molecule has 1 aromatic rings. The van der Waals surface area contributed by atoms with Gasteiger partial charge in [-0.2, -0.15) is 0 Å². The van der Waals surface area contributed by atoms with Crippen LogP contribution in [-0.2, 0) is 20.9 Å². The Hall–Kier alpha value is -2.08. The lowest BCUT2D eigenvalue weighted by Crippen LogP contribution is -2.54. The highest BCUT2D eigenvalue weighted by Gasteiger charge is 2.56. The van der Waals surface area contributed by atoms with Crippen LogP contribution in [0.5, 0.6) is 0 Å². The molecule has 6 nitrogen and oxygen atoms in total. The van der Waals surface area contributed by atoms with Crippen molar-refractivity contribution in [1.29, 1.82) is 0 Å². The standard InChI is InChI=1S/C20H25ClN2O4/c1-13-8-19(2,3)12-20(9-13)17(25)23(18(26)22-20)10-16(24)27-11-14-5-4-6-15(21)7-14/h4-7,13H,8-12H2,1-3H3,(H,22,26)/t13-,20-/m1/s1. The predicted molar refractivity (Wildman–Crippen MR) is 101 cm³/mol. The minimum Gasteiger partial charge on any atom is -0.459 e. The SMILES string of the molecule is C[C@@H]1CC(C)(C)C[C@@]2(C1)NC(=O)N(CC(=O)OCc1cccc(Cl)c1)C2=O. The maximum Gasteiger partial charge on any atom is 0.326 e. The van der Waals surface area contributed by atoms with E-state index in [1.54, 1.807) is 24.3 Å². The summed E-state index contributed by atoms with van der Waals surface area (Å²) >= 11 is 5.91. The monoisotopic (exact) mass is 392 g/mol. The summed E-state index contributed by atoms with van der Waals surface area (Å²) in [7, 11) is 0. The Kier molecular flexibility index (Phi) is 5.21. The van der Waals surface area contributed by atoms with Crippen molar-refractivity contribution in [2.45, 2.75) is 52.2 Å². The number of hydrogen-bond donors (Lipinski definition) is 1. The Bertz CT molecular complexity index is 779. The number of nitrogens with one attached hydrogen (secondary N) is 1. The van der Waals surface area contributed by atoms with Gasteiger partial charge in [-0.15, -0.1) is 0 Å². The molecule has 0 bridgehead atoms. The second-order valence-corrected chi connectivity index (χ2v) is 8.99. The summed E-state index contributed by atoms with van der Waals surface area (Å²) in [5.74, 6) is -0.641. The zero-order valence-corrected chi connectivity index (χ0v) is 16.6. The Labute approximate surface area is 164 Å². The lowest BCUT2D eigenvalue weighted by Gasteiger charge is -2.43. The molecular weight excluding hydrogens is 368 g/mol. The number of ether oxygens (including phenoxy) is 1. The summed E-state index contributed by atoms with van der Waals surface area (Å²) in [6.07, 6.45) is 2.16. The van der Waals surface area contributed by atoms with Gasteiger partial charge in [-0.1, -0.05) is 44.5 Å². The van der Waals surface area contributed by atoms with Crippen LogP contribution in [0.1, 0.15) is 45.6 Å². The summed E-state index contributed by atoms with van der Waals surface area (Å²) in [5.41, 5.74) is -0.220. The number of benzene rings is 1. The third-order valence-electron chi connectivity index (χ3n) is 5.20. The van der Waals surface area contributed by atoms with Crippen LogP contribution in [-0.4, -0.2) is 34.9 Å². The average Bonchev–Trinajstić information content (AvgIpc) is 2.74. The fourth-order valence-electron chi connectivity index (χ4n) is 4.61. The van der Waals surface area contributed by atoms with Crippen molar-refractivity contribution in [2.75, 3.05) is 6.54 Å². The van der Waals surface area contributed by atoms with Gasteiger partial charge in [0.2, 0.25) is 0 Å². The summed E-state index contributed by atoms with van der Waals surface area (Å²) in [4.78, 5) is 38.6. The van der Waals surface area contributed by atoms with Gasteiger partial charge in [0, 0.05) is 5.02 Å². The molecule has 2 fully saturated rings. The lowest BCUT2D eigenvalue weighted by molar-refractivity contribution is -0.149. The van der Waals surface area contributed by atoms with Crippen molar-refractivity contribution >= 4 is 29.5 Å². The molecule has 1 saturated carbocycles. The molecule has 3 amide bonds. The van der Waals surface area contributed by atoms with Crippen LogP contribution in [0.15, 0.2) is 24.3 Å². The first-order valence-corrected chi connectivity index (χ1v) is 9.52. The van der Waals surface area contributed by atoms with Gasteiger partial charge < -0.3 is 10.1 Å². The van der Waals surface area contributed by atoms with E-state index in [9.17, 15) is 14.4 Å². The first-order valence-electron chi connectivity index (χ1n) is 9.14. The van der Waals surface area contributed by atoms with Gasteiger partial charge in [-0.25, -0.2) is 4.79 Å². The minimum absolute atomic E-state index is 0.0399. The number of rotatable bonds is 4. The van der Waals surface area contributed by atoms with E-state index in [4.69, 9.17) is 16.3 Å². The number of carbonyl (C=O) groups excluding carboxylic acids is 3. The average molecular weight is 393 g/mol. The molecule has 3 rings (SSSR count). The Morgan fingerprint density at radius 2 is 2.07 bits per heavy atom. The lowest BCUT2D eigenvalue weighted by atomic mass is 9.64. The number of imide groups is 1. The third-order valence-corrected chi connectivity index (χ3v) is 5.44. The van der Waals surface area contributed by atoms with E-state index in [-0.39, 0.29) is 24.5 Å². The number of nitrogens with zero attached hydrogens (tertiary/aromatic N) is 1. The summed E-state index contributed by atoms with van der Waals surface area (Å²) < 4.78 is 5.21. The van der Waals surface area contributed by atoms with E-state index in [0.29, 0.717) is 23.8 Å². The minimum atomic E-state index is -0.911. The zero-order chi connectivity index (χ0) is 19.8. The number of esters is 1. The molecule has 1 N–H and O–H groups in total. The Morgan fingerprint density at radius 1 is 1.33 bits per heavy atom. The molecule has 1 saturated heterocycles. The largest absolute Gasteiger partial charge is 0.459 e. The van der Waals surface area contributed by atoms with Crippen LogP contribution >= 0.6 is 11.6 Å². The van der Waals surface area contributed by atoms with Crippen LogP contribution < -0.4 is 5.32 Å². The fraction of sp³-hybridized carbons (Fsp3) is 0.550. The van der Waals surface area contributed by atoms with Crippen LogP contribution in [0.25, 0.3) is 0 Å². The van der Waals surface area contributed by atoms with Crippen LogP contribution in [0.3, 0.4) is 0 Å². The van der Waals surface area contributed by atoms with Crippen molar-refractivity contribution in [3.05, 3.63) is 34.9 Å². The van der Waals surface area contributed by atoms with Crippen molar-refractivity contribution in [3.8, 4) is 0 Å². The van der Waals surface area contributed by atoms with Crippen LogP contribution in [0, 0.1) is 11.3 Å². The van der Waals surface area contributed by atoms with Crippen molar-refractivity contribution in [3.63, 3.8) is 0 Å². The molecule has 1 aromatic carbocycles.